The van der Waals surface area contributed by atoms with Crippen molar-refractivity contribution in [3.05, 3.63) is 70.0 Å². The predicted molar refractivity (Wildman–Crippen MR) is 182 cm³/mol. The van der Waals surface area contributed by atoms with Crippen molar-refractivity contribution in [2.24, 2.45) is 37.8 Å². The topological polar surface area (TPSA) is 91.9 Å². The van der Waals surface area contributed by atoms with Gasteiger partial charge < -0.3 is 28.5 Å². The molecule has 2 atom stereocenters. The van der Waals surface area contributed by atoms with Crippen molar-refractivity contribution in [2.45, 2.75) is 64.2 Å². The van der Waals surface area contributed by atoms with E-state index in [1.54, 1.807) is 6.07 Å². The van der Waals surface area contributed by atoms with Gasteiger partial charge in [-0.1, -0.05) is 0 Å². The Morgan fingerprint density at radius 1 is 0.681 bits per heavy atom. The van der Waals surface area contributed by atoms with Crippen LogP contribution in [0.2, 0.25) is 0 Å². The smallest absolute Gasteiger partial charge is 0.337 e. The van der Waals surface area contributed by atoms with Crippen molar-refractivity contribution >= 4 is 33.7 Å². The molecule has 1 N–H and O–H groups in total. The van der Waals surface area contributed by atoms with Crippen LogP contribution in [0.15, 0.2) is 36.4 Å². The summed E-state index contributed by atoms with van der Waals surface area (Å²) in [4.78, 5) is 23.2. The molecule has 4 heterocycles. The number of carboxylic acids is 1. The predicted octanol–water partition coefficient (Wildman–Crippen LogP) is 6.90. The molecule has 8 nitrogen and oxygen atoms in total. The number of aromatic carboxylic acids is 1. The lowest BCUT2D eigenvalue weighted by Crippen LogP contribution is -2.28. The second-order valence-corrected chi connectivity index (χ2v) is 14.1. The normalized spacial score (nSPS) is 21.9. The number of hydrogen-bond donors (Lipinski definition) is 1. The second-order valence-electron chi connectivity index (χ2n) is 14.1. The summed E-state index contributed by atoms with van der Waals surface area (Å²) in [6.45, 7) is 3.62. The van der Waals surface area contributed by atoms with E-state index in [1.165, 1.54) is 79.1 Å². The number of aryl methyl sites for hydroxylation is 2. The lowest BCUT2D eigenvalue weighted by molar-refractivity contribution is 0.0438. The van der Waals surface area contributed by atoms with Gasteiger partial charge in [-0.3, -0.25) is 0 Å². The van der Waals surface area contributed by atoms with Gasteiger partial charge in [-0.15, -0.1) is 0 Å². The Balaban J connectivity index is 0.000000150. The van der Waals surface area contributed by atoms with E-state index in [0.29, 0.717) is 17.0 Å². The van der Waals surface area contributed by atoms with E-state index in [0.717, 1.165) is 80.8 Å². The molecule has 8 heteroatoms. The Morgan fingerprint density at radius 3 is 1.57 bits per heavy atom. The summed E-state index contributed by atoms with van der Waals surface area (Å²) < 4.78 is 20.5. The van der Waals surface area contributed by atoms with E-state index < -0.39 is 5.97 Å². The fourth-order valence-corrected chi connectivity index (χ4v) is 9.17. The number of carbonyl (C=O) groups excluding carboxylic acids is 1. The Bertz CT molecular complexity index is 1790. The van der Waals surface area contributed by atoms with E-state index in [9.17, 15) is 14.7 Å². The second kappa shape index (κ2) is 13.5. The van der Waals surface area contributed by atoms with E-state index in [-0.39, 0.29) is 5.97 Å². The van der Waals surface area contributed by atoms with Gasteiger partial charge in [0.1, 0.15) is 0 Å². The highest BCUT2D eigenvalue weighted by Gasteiger charge is 2.32. The molecule has 2 fully saturated rings. The van der Waals surface area contributed by atoms with E-state index in [2.05, 4.69) is 29.3 Å². The number of carbonyl (C=O) groups is 2. The highest BCUT2D eigenvalue weighted by Crippen LogP contribution is 2.41. The zero-order chi connectivity index (χ0) is 32.7. The molecule has 47 heavy (non-hydrogen) atoms. The Hall–Kier alpha value is -3.62. The van der Waals surface area contributed by atoms with Crippen LogP contribution < -0.4 is 0 Å². The summed E-state index contributed by atoms with van der Waals surface area (Å²) in [5.74, 6) is 1.90. The number of esters is 1. The maximum atomic E-state index is 11.9. The number of rotatable bonds is 4. The number of nitrogens with zero attached hydrogens (tertiary/aromatic N) is 2. The summed E-state index contributed by atoms with van der Waals surface area (Å²) in [6.07, 6.45) is 11.7. The van der Waals surface area contributed by atoms with Crippen LogP contribution in [0.1, 0.15) is 81.8 Å². The molecule has 0 bridgehead atoms. The number of benzene rings is 2. The zero-order valence-corrected chi connectivity index (χ0v) is 28.1. The molecule has 0 amide bonds. The number of aromatic nitrogens is 2. The quantitative estimate of drug-likeness (QED) is 0.244. The van der Waals surface area contributed by atoms with Crippen molar-refractivity contribution in [1.82, 2.24) is 9.13 Å². The van der Waals surface area contributed by atoms with Crippen LogP contribution in [0.4, 0.5) is 0 Å². The Kier molecular flexibility index (Phi) is 9.16. The van der Waals surface area contributed by atoms with Crippen LogP contribution in [0.3, 0.4) is 0 Å². The monoisotopic (exact) mass is 640 g/mol. The number of carboxylic acid groups (broad SMARTS) is 1. The van der Waals surface area contributed by atoms with Gasteiger partial charge >= 0.3 is 11.9 Å². The third-order valence-corrected chi connectivity index (χ3v) is 11.8. The van der Waals surface area contributed by atoms with Crippen molar-refractivity contribution in [3.63, 3.8) is 0 Å². The van der Waals surface area contributed by atoms with Gasteiger partial charge in [-0.05, 0) is 135 Å². The molecular formula is C39H48N2O6. The zero-order valence-electron chi connectivity index (χ0n) is 28.1. The number of methoxy groups -OCH3 is 1. The minimum atomic E-state index is -0.846. The molecule has 8 rings (SSSR count). The molecule has 2 aliphatic heterocycles. The van der Waals surface area contributed by atoms with Gasteiger partial charge in [0.2, 0.25) is 0 Å². The van der Waals surface area contributed by atoms with Crippen LogP contribution >= 0.6 is 0 Å². The van der Waals surface area contributed by atoms with Crippen LogP contribution in [0.5, 0.6) is 0 Å². The van der Waals surface area contributed by atoms with Crippen LogP contribution in [0, 0.1) is 23.7 Å². The van der Waals surface area contributed by atoms with Crippen LogP contribution in [-0.2, 0) is 54.0 Å². The van der Waals surface area contributed by atoms with Gasteiger partial charge in [-0.2, -0.15) is 0 Å². The highest BCUT2D eigenvalue weighted by molar-refractivity contribution is 5.97. The summed E-state index contributed by atoms with van der Waals surface area (Å²) >= 11 is 0. The first kappa shape index (κ1) is 32.0. The largest absolute Gasteiger partial charge is 0.478 e. The summed E-state index contributed by atoms with van der Waals surface area (Å²) in [6, 6.07) is 11.5. The number of fused-ring (bicyclic) bond motifs is 6. The molecular weight excluding hydrogens is 592 g/mol. The van der Waals surface area contributed by atoms with Crippen LogP contribution in [0.25, 0.3) is 21.8 Å². The van der Waals surface area contributed by atoms with Crippen molar-refractivity contribution in [3.8, 4) is 0 Å². The molecule has 0 spiro atoms. The maximum absolute atomic E-state index is 11.9. The minimum absolute atomic E-state index is 0.258. The maximum Gasteiger partial charge on any atom is 0.337 e. The summed E-state index contributed by atoms with van der Waals surface area (Å²) in [5.41, 5.74) is 9.08. The fraction of sp³-hybridized carbons (Fsp3) is 0.538. The number of ether oxygens (including phenoxy) is 3. The van der Waals surface area contributed by atoms with Crippen LogP contribution in [-0.4, -0.2) is 59.7 Å². The van der Waals surface area contributed by atoms with Gasteiger partial charge in [-0.25, -0.2) is 9.59 Å². The molecule has 4 aliphatic rings. The first-order valence-corrected chi connectivity index (χ1v) is 17.5. The third kappa shape index (κ3) is 6.11. The van der Waals surface area contributed by atoms with Crippen molar-refractivity contribution in [2.75, 3.05) is 33.5 Å². The average molecular weight is 641 g/mol. The summed E-state index contributed by atoms with van der Waals surface area (Å²) in [7, 11) is 5.69. The minimum Gasteiger partial charge on any atom is -0.478 e. The van der Waals surface area contributed by atoms with Gasteiger partial charge in [0.25, 0.3) is 0 Å². The molecule has 0 saturated carbocycles. The SMILES string of the molecule is COC(=O)c1ccc2c(c1)c1c(n2C)CC[C@@H](C2CCOCC2)C1.Cn1c2c(c3cc(C(=O)O)ccc31)C[C@H](C1CCOCC1)CC2. The molecule has 2 aromatic carbocycles. The first-order chi connectivity index (χ1) is 22.8. The molecule has 2 aromatic heterocycles. The third-order valence-electron chi connectivity index (χ3n) is 11.8. The van der Waals surface area contributed by atoms with Crippen molar-refractivity contribution < 1.29 is 28.9 Å². The van der Waals surface area contributed by atoms with E-state index in [4.69, 9.17) is 14.2 Å². The van der Waals surface area contributed by atoms with Crippen molar-refractivity contribution in [1.29, 1.82) is 0 Å². The summed E-state index contributed by atoms with van der Waals surface area (Å²) in [5, 5.41) is 11.7. The molecule has 2 saturated heterocycles. The standard InChI is InChI=1S/C20H25NO3.C19H23NO3/c1-21-18-5-3-14(13-7-9-24-10-8-13)11-16(18)17-12-15(20(22)23-2)4-6-19(17)21;1-20-17-4-2-13(12-6-8-23-9-7-12)10-15(17)16-11-14(19(21)22)3-5-18(16)20/h4,6,12-14H,3,5,7-11H2,1-2H3;3,5,11-13H,2,4,6-10H2,1H3,(H,21,22)/t14-;13-/m11/s1. The lowest BCUT2D eigenvalue weighted by atomic mass is 9.75. The van der Waals surface area contributed by atoms with E-state index in [1.807, 2.05) is 24.3 Å². The van der Waals surface area contributed by atoms with Gasteiger partial charge in [0.15, 0.2) is 0 Å². The lowest BCUT2D eigenvalue weighted by Gasteiger charge is -2.33. The van der Waals surface area contributed by atoms with Gasteiger partial charge in [0.05, 0.1) is 18.2 Å². The molecule has 250 valence electrons. The molecule has 2 aliphatic carbocycles. The first-order valence-electron chi connectivity index (χ1n) is 17.5. The van der Waals surface area contributed by atoms with Gasteiger partial charge in [0, 0.05) is 73.7 Å². The molecule has 0 radical (unpaired) electrons. The number of hydrogen-bond acceptors (Lipinski definition) is 5. The molecule has 4 aromatic rings. The average Bonchev–Trinajstić information content (AvgIpc) is 3.57. The Labute approximate surface area is 277 Å². The Morgan fingerprint density at radius 2 is 1.13 bits per heavy atom. The molecule has 0 unspecified atom stereocenters. The highest BCUT2D eigenvalue weighted by atomic mass is 16.5. The van der Waals surface area contributed by atoms with E-state index >= 15 is 0 Å². The fourth-order valence-electron chi connectivity index (χ4n) is 9.17.